The van der Waals surface area contributed by atoms with Crippen LogP contribution in [0.15, 0.2) is 41.6 Å². The van der Waals surface area contributed by atoms with E-state index in [0.29, 0.717) is 18.1 Å². The highest BCUT2D eigenvalue weighted by Crippen LogP contribution is 2.27. The van der Waals surface area contributed by atoms with Gasteiger partial charge < -0.3 is 19.6 Å². The summed E-state index contributed by atoms with van der Waals surface area (Å²) in [4.78, 5) is 17.0. The van der Waals surface area contributed by atoms with Crippen LogP contribution in [0.25, 0.3) is 0 Å². The van der Waals surface area contributed by atoms with Crippen LogP contribution in [0.2, 0.25) is 0 Å². The second kappa shape index (κ2) is 9.46. The zero-order valence-corrected chi connectivity index (χ0v) is 15.5. The van der Waals surface area contributed by atoms with E-state index in [9.17, 15) is 4.79 Å². The number of amides is 1. The lowest BCUT2D eigenvalue weighted by molar-refractivity contribution is -0.120. The average molecular weight is 356 g/mol. The van der Waals surface area contributed by atoms with Crippen LogP contribution in [0.1, 0.15) is 23.6 Å². The molecular formula is C20H24N2O4. The van der Waals surface area contributed by atoms with Gasteiger partial charge >= 0.3 is 0 Å². The van der Waals surface area contributed by atoms with Gasteiger partial charge in [-0.05, 0) is 50.6 Å². The van der Waals surface area contributed by atoms with Gasteiger partial charge in [-0.2, -0.15) is 0 Å². The number of hydrogen-bond acceptors (Lipinski definition) is 5. The molecule has 0 bridgehead atoms. The number of nitrogens with zero attached hydrogens (tertiary/aromatic N) is 1. The van der Waals surface area contributed by atoms with Crippen LogP contribution >= 0.6 is 0 Å². The summed E-state index contributed by atoms with van der Waals surface area (Å²) in [6.45, 7) is 6.22. The number of anilines is 1. The number of rotatable bonds is 8. The SMILES string of the molecule is CCOc1cc(C=NOCC(=O)Nc2ccc(C)cc2C)ccc1OC. The van der Waals surface area contributed by atoms with Crippen molar-refractivity contribution >= 4 is 17.8 Å². The molecule has 0 spiro atoms. The number of nitrogens with one attached hydrogen (secondary N) is 1. The number of ether oxygens (including phenoxy) is 2. The van der Waals surface area contributed by atoms with Crippen LogP contribution in [0, 0.1) is 13.8 Å². The van der Waals surface area contributed by atoms with Crippen molar-refractivity contribution in [1.82, 2.24) is 0 Å². The van der Waals surface area contributed by atoms with Gasteiger partial charge in [0.2, 0.25) is 0 Å². The molecule has 26 heavy (non-hydrogen) atoms. The van der Waals surface area contributed by atoms with Gasteiger partial charge in [-0.15, -0.1) is 0 Å². The molecule has 138 valence electrons. The van der Waals surface area contributed by atoms with Gasteiger partial charge in [-0.1, -0.05) is 22.9 Å². The predicted molar refractivity (Wildman–Crippen MR) is 102 cm³/mol. The molecule has 0 radical (unpaired) electrons. The lowest BCUT2D eigenvalue weighted by atomic mass is 10.1. The largest absolute Gasteiger partial charge is 0.493 e. The first-order chi connectivity index (χ1) is 12.5. The number of benzene rings is 2. The molecule has 0 atom stereocenters. The Kier molecular flexibility index (Phi) is 7.02. The van der Waals surface area contributed by atoms with E-state index in [1.165, 1.54) is 6.21 Å². The third-order valence-electron chi connectivity index (χ3n) is 3.62. The number of oxime groups is 1. The molecule has 0 aliphatic heterocycles. The quantitative estimate of drug-likeness (QED) is 0.578. The van der Waals surface area contributed by atoms with Crippen LogP contribution < -0.4 is 14.8 Å². The van der Waals surface area contributed by atoms with Crippen molar-refractivity contribution in [2.75, 3.05) is 25.6 Å². The smallest absolute Gasteiger partial charge is 0.265 e. The monoisotopic (exact) mass is 356 g/mol. The number of carbonyl (C=O) groups excluding carboxylic acids is 1. The van der Waals surface area contributed by atoms with Gasteiger partial charge in [0.05, 0.1) is 19.9 Å². The molecule has 0 unspecified atom stereocenters. The molecule has 2 aromatic carbocycles. The molecular weight excluding hydrogens is 332 g/mol. The minimum Gasteiger partial charge on any atom is -0.493 e. The van der Waals surface area contributed by atoms with E-state index in [0.717, 1.165) is 22.4 Å². The maximum absolute atomic E-state index is 11.9. The molecule has 0 aliphatic carbocycles. The number of aryl methyl sites for hydroxylation is 2. The van der Waals surface area contributed by atoms with Crippen LogP contribution in [0.4, 0.5) is 5.69 Å². The van der Waals surface area contributed by atoms with Crippen molar-refractivity contribution in [2.24, 2.45) is 5.16 Å². The Morgan fingerprint density at radius 2 is 1.96 bits per heavy atom. The molecule has 0 aromatic heterocycles. The molecule has 1 N–H and O–H groups in total. The number of carbonyl (C=O) groups is 1. The maximum atomic E-state index is 11.9. The van der Waals surface area contributed by atoms with E-state index in [1.54, 1.807) is 19.2 Å². The van der Waals surface area contributed by atoms with Crippen LogP contribution in [0.5, 0.6) is 11.5 Å². The van der Waals surface area contributed by atoms with Gasteiger partial charge in [-0.25, -0.2) is 0 Å². The standard InChI is InChI=1S/C20H24N2O4/c1-5-25-19-11-16(7-9-18(19)24-4)12-21-26-13-20(23)22-17-8-6-14(2)10-15(17)3/h6-12H,5,13H2,1-4H3,(H,22,23). The van der Waals surface area contributed by atoms with Crippen molar-refractivity contribution in [1.29, 1.82) is 0 Å². The molecule has 6 nitrogen and oxygen atoms in total. The Hall–Kier alpha value is -3.02. The second-order valence-electron chi connectivity index (χ2n) is 5.72. The molecule has 1 amide bonds. The summed E-state index contributed by atoms with van der Waals surface area (Å²) in [5.74, 6) is 1.02. The zero-order chi connectivity index (χ0) is 18.9. The number of methoxy groups -OCH3 is 1. The molecule has 0 saturated carbocycles. The van der Waals surface area contributed by atoms with Gasteiger partial charge in [0, 0.05) is 11.3 Å². The summed E-state index contributed by atoms with van der Waals surface area (Å²) in [5.41, 5.74) is 3.70. The van der Waals surface area contributed by atoms with Gasteiger partial charge in [0.1, 0.15) is 0 Å². The number of hydrogen-bond donors (Lipinski definition) is 1. The van der Waals surface area contributed by atoms with E-state index in [1.807, 2.05) is 45.0 Å². The summed E-state index contributed by atoms with van der Waals surface area (Å²) >= 11 is 0. The summed E-state index contributed by atoms with van der Waals surface area (Å²) in [5, 5.41) is 6.64. The highest BCUT2D eigenvalue weighted by molar-refractivity contribution is 5.92. The highest BCUT2D eigenvalue weighted by atomic mass is 16.6. The summed E-state index contributed by atoms with van der Waals surface area (Å²) < 4.78 is 10.7. The fourth-order valence-electron chi connectivity index (χ4n) is 2.38. The fraction of sp³-hybridized carbons (Fsp3) is 0.300. The van der Waals surface area contributed by atoms with E-state index in [2.05, 4.69) is 10.5 Å². The summed E-state index contributed by atoms with van der Waals surface area (Å²) in [7, 11) is 1.59. The van der Waals surface area contributed by atoms with Gasteiger partial charge in [0.15, 0.2) is 18.1 Å². The predicted octanol–water partition coefficient (Wildman–Crippen LogP) is 3.70. The second-order valence-corrected chi connectivity index (χ2v) is 5.72. The van der Waals surface area contributed by atoms with Crippen molar-refractivity contribution in [2.45, 2.75) is 20.8 Å². The van der Waals surface area contributed by atoms with Crippen molar-refractivity contribution in [3.8, 4) is 11.5 Å². The Morgan fingerprint density at radius 1 is 1.15 bits per heavy atom. The Balaban J connectivity index is 1.88. The molecule has 0 heterocycles. The van der Waals surface area contributed by atoms with E-state index >= 15 is 0 Å². The minimum absolute atomic E-state index is 0.168. The maximum Gasteiger partial charge on any atom is 0.265 e. The molecule has 0 aliphatic rings. The Bertz CT molecular complexity index is 787. The van der Waals surface area contributed by atoms with E-state index < -0.39 is 0 Å². The third kappa shape index (κ3) is 5.51. The molecule has 6 heteroatoms. The van der Waals surface area contributed by atoms with Crippen LogP contribution in [-0.2, 0) is 9.63 Å². The Labute approximate surface area is 153 Å². The molecule has 0 fully saturated rings. The Morgan fingerprint density at radius 3 is 2.65 bits per heavy atom. The average Bonchev–Trinajstić information content (AvgIpc) is 2.62. The van der Waals surface area contributed by atoms with Gasteiger partial charge in [-0.3, -0.25) is 4.79 Å². The third-order valence-corrected chi connectivity index (χ3v) is 3.62. The first-order valence-electron chi connectivity index (χ1n) is 8.36. The van der Waals surface area contributed by atoms with Crippen LogP contribution in [-0.4, -0.2) is 32.4 Å². The first kappa shape index (κ1) is 19.3. The minimum atomic E-state index is -0.265. The molecule has 0 saturated heterocycles. The van der Waals surface area contributed by atoms with Gasteiger partial charge in [0.25, 0.3) is 5.91 Å². The summed E-state index contributed by atoms with van der Waals surface area (Å²) in [6.07, 6.45) is 1.52. The topological polar surface area (TPSA) is 69.2 Å². The van der Waals surface area contributed by atoms with Crippen molar-refractivity contribution in [3.05, 3.63) is 53.1 Å². The molecule has 2 rings (SSSR count). The zero-order valence-electron chi connectivity index (χ0n) is 15.5. The van der Waals surface area contributed by atoms with Crippen molar-refractivity contribution in [3.63, 3.8) is 0 Å². The van der Waals surface area contributed by atoms with Crippen molar-refractivity contribution < 1.29 is 19.1 Å². The summed E-state index contributed by atoms with van der Waals surface area (Å²) in [6, 6.07) is 11.2. The van der Waals surface area contributed by atoms with Crippen LogP contribution in [0.3, 0.4) is 0 Å². The van der Waals surface area contributed by atoms with E-state index in [-0.39, 0.29) is 12.5 Å². The van der Waals surface area contributed by atoms with E-state index in [4.69, 9.17) is 14.3 Å². The normalized spacial score (nSPS) is 10.6. The lowest BCUT2D eigenvalue weighted by Gasteiger charge is -2.09. The highest BCUT2D eigenvalue weighted by Gasteiger charge is 2.06. The first-order valence-corrected chi connectivity index (χ1v) is 8.36. The lowest BCUT2D eigenvalue weighted by Crippen LogP contribution is -2.17. The molecule has 2 aromatic rings. The fourth-order valence-corrected chi connectivity index (χ4v) is 2.38.